The van der Waals surface area contributed by atoms with E-state index in [-0.39, 0.29) is 18.2 Å². The van der Waals surface area contributed by atoms with Gasteiger partial charge < -0.3 is 15.7 Å². The summed E-state index contributed by atoms with van der Waals surface area (Å²) in [5.74, 6) is 0.434. The summed E-state index contributed by atoms with van der Waals surface area (Å²) < 4.78 is 0. The minimum atomic E-state index is -0.181. The zero-order valence-electron chi connectivity index (χ0n) is 13.1. The SMILES string of the molecule is O=C(NCC1CCCc2ccccc21)NC1CCC(O)CC1. The van der Waals surface area contributed by atoms with E-state index in [1.807, 2.05) is 0 Å². The van der Waals surface area contributed by atoms with E-state index in [9.17, 15) is 9.90 Å². The number of aliphatic hydroxyl groups is 1. The van der Waals surface area contributed by atoms with Crippen molar-refractivity contribution < 1.29 is 9.90 Å². The molecule has 0 spiro atoms. The van der Waals surface area contributed by atoms with Crippen LogP contribution < -0.4 is 10.6 Å². The minimum absolute atomic E-state index is 0.0653. The summed E-state index contributed by atoms with van der Waals surface area (Å²) >= 11 is 0. The lowest BCUT2D eigenvalue weighted by atomic mass is 9.83. The van der Waals surface area contributed by atoms with Crippen molar-refractivity contribution in [1.29, 1.82) is 0 Å². The van der Waals surface area contributed by atoms with E-state index < -0.39 is 0 Å². The molecule has 1 atom stereocenters. The lowest BCUT2D eigenvalue weighted by Crippen LogP contribution is -2.45. The number of rotatable bonds is 3. The van der Waals surface area contributed by atoms with Gasteiger partial charge >= 0.3 is 6.03 Å². The van der Waals surface area contributed by atoms with Crippen molar-refractivity contribution in [3.63, 3.8) is 0 Å². The van der Waals surface area contributed by atoms with E-state index in [0.29, 0.717) is 12.5 Å². The van der Waals surface area contributed by atoms with E-state index >= 15 is 0 Å². The maximum Gasteiger partial charge on any atom is 0.315 e. The molecular weight excluding hydrogens is 276 g/mol. The highest BCUT2D eigenvalue weighted by molar-refractivity contribution is 5.74. The molecule has 0 bridgehead atoms. The minimum Gasteiger partial charge on any atom is -0.393 e. The molecule has 1 fully saturated rings. The molecule has 2 aliphatic rings. The Morgan fingerprint density at radius 2 is 1.91 bits per heavy atom. The Bertz CT molecular complexity index is 510. The molecule has 4 heteroatoms. The van der Waals surface area contributed by atoms with Crippen molar-refractivity contribution in [3.8, 4) is 0 Å². The van der Waals surface area contributed by atoms with Gasteiger partial charge in [0.1, 0.15) is 0 Å². The maximum atomic E-state index is 12.1. The molecular formula is C18H26N2O2. The number of hydrogen-bond acceptors (Lipinski definition) is 2. The van der Waals surface area contributed by atoms with Gasteiger partial charge in [-0.25, -0.2) is 4.79 Å². The summed E-state index contributed by atoms with van der Waals surface area (Å²) in [7, 11) is 0. The Labute approximate surface area is 132 Å². The summed E-state index contributed by atoms with van der Waals surface area (Å²) in [5.41, 5.74) is 2.83. The van der Waals surface area contributed by atoms with Gasteiger partial charge in [-0.2, -0.15) is 0 Å². The Morgan fingerprint density at radius 1 is 1.14 bits per heavy atom. The third-order valence-corrected chi connectivity index (χ3v) is 5.03. The first-order valence-electron chi connectivity index (χ1n) is 8.52. The molecule has 0 saturated heterocycles. The number of aryl methyl sites for hydroxylation is 1. The Kier molecular flexibility index (Phi) is 4.98. The standard InChI is InChI=1S/C18H26N2O2/c21-16-10-8-15(9-11-16)20-18(22)19-12-14-6-3-5-13-4-1-2-7-17(13)14/h1-2,4,7,14-16,21H,3,5-6,8-12H2,(H2,19,20,22). The fraction of sp³-hybridized carbons (Fsp3) is 0.611. The van der Waals surface area contributed by atoms with Crippen LogP contribution in [-0.4, -0.2) is 29.8 Å². The summed E-state index contributed by atoms with van der Waals surface area (Å²) in [6.45, 7) is 0.707. The van der Waals surface area contributed by atoms with Gasteiger partial charge in [0.2, 0.25) is 0 Å². The van der Waals surface area contributed by atoms with Crippen LogP contribution in [0, 0.1) is 0 Å². The fourth-order valence-electron chi connectivity index (χ4n) is 3.74. The smallest absolute Gasteiger partial charge is 0.315 e. The molecule has 2 aliphatic carbocycles. The second-order valence-electron chi connectivity index (χ2n) is 6.65. The number of carbonyl (C=O) groups is 1. The molecule has 0 radical (unpaired) electrons. The first-order chi connectivity index (χ1) is 10.7. The first kappa shape index (κ1) is 15.3. The van der Waals surface area contributed by atoms with Crippen LogP contribution in [0.3, 0.4) is 0 Å². The number of fused-ring (bicyclic) bond motifs is 1. The number of nitrogens with one attached hydrogen (secondary N) is 2. The van der Waals surface area contributed by atoms with Crippen molar-refractivity contribution in [3.05, 3.63) is 35.4 Å². The highest BCUT2D eigenvalue weighted by Gasteiger charge is 2.22. The quantitative estimate of drug-likeness (QED) is 0.804. The molecule has 1 aromatic rings. The third-order valence-electron chi connectivity index (χ3n) is 5.03. The number of carbonyl (C=O) groups excluding carboxylic acids is 1. The predicted octanol–water partition coefficient (Wildman–Crippen LogP) is 2.71. The number of aliphatic hydroxyl groups excluding tert-OH is 1. The van der Waals surface area contributed by atoms with Gasteiger partial charge in [0.25, 0.3) is 0 Å². The zero-order chi connectivity index (χ0) is 15.4. The zero-order valence-corrected chi connectivity index (χ0v) is 13.1. The highest BCUT2D eigenvalue weighted by atomic mass is 16.3. The van der Waals surface area contributed by atoms with Crippen LogP contribution in [0.25, 0.3) is 0 Å². The molecule has 0 aliphatic heterocycles. The number of urea groups is 1. The molecule has 3 N–H and O–H groups in total. The van der Waals surface area contributed by atoms with Crippen molar-refractivity contribution in [2.45, 2.75) is 63.0 Å². The van der Waals surface area contributed by atoms with Crippen LogP contribution in [0.2, 0.25) is 0 Å². The molecule has 1 saturated carbocycles. The van der Waals surface area contributed by atoms with Crippen LogP contribution >= 0.6 is 0 Å². The van der Waals surface area contributed by atoms with Crippen molar-refractivity contribution in [2.75, 3.05) is 6.54 Å². The Balaban J connectivity index is 1.48. The van der Waals surface area contributed by atoms with Gasteiger partial charge in [-0.15, -0.1) is 0 Å². The lowest BCUT2D eigenvalue weighted by Gasteiger charge is -2.28. The van der Waals surface area contributed by atoms with E-state index in [1.54, 1.807) is 0 Å². The molecule has 1 aromatic carbocycles. The topological polar surface area (TPSA) is 61.4 Å². The van der Waals surface area contributed by atoms with Crippen LogP contribution in [0.1, 0.15) is 55.6 Å². The van der Waals surface area contributed by atoms with Gasteiger partial charge in [-0.1, -0.05) is 24.3 Å². The van der Waals surface area contributed by atoms with Gasteiger partial charge in [0.15, 0.2) is 0 Å². The molecule has 0 aromatic heterocycles. The maximum absolute atomic E-state index is 12.1. The second kappa shape index (κ2) is 7.14. The average Bonchev–Trinajstić information content (AvgIpc) is 2.55. The summed E-state index contributed by atoms with van der Waals surface area (Å²) in [4.78, 5) is 12.1. The largest absolute Gasteiger partial charge is 0.393 e. The van der Waals surface area contributed by atoms with Crippen LogP contribution in [0.15, 0.2) is 24.3 Å². The lowest BCUT2D eigenvalue weighted by molar-refractivity contribution is 0.117. The number of benzene rings is 1. The van der Waals surface area contributed by atoms with Crippen molar-refractivity contribution >= 4 is 6.03 Å². The molecule has 1 unspecified atom stereocenters. The first-order valence-corrected chi connectivity index (χ1v) is 8.52. The van der Waals surface area contributed by atoms with Gasteiger partial charge in [0.05, 0.1) is 6.10 Å². The normalized spacial score (nSPS) is 27.8. The van der Waals surface area contributed by atoms with E-state index in [0.717, 1.165) is 38.5 Å². The predicted molar refractivity (Wildman–Crippen MR) is 86.9 cm³/mol. The van der Waals surface area contributed by atoms with Crippen LogP contribution in [-0.2, 0) is 6.42 Å². The van der Waals surface area contributed by atoms with Crippen LogP contribution in [0.5, 0.6) is 0 Å². The fourth-order valence-corrected chi connectivity index (χ4v) is 3.74. The highest BCUT2D eigenvalue weighted by Crippen LogP contribution is 2.30. The molecule has 0 heterocycles. The Hall–Kier alpha value is -1.55. The summed E-state index contributed by atoms with van der Waals surface area (Å²) in [6, 6.07) is 8.73. The summed E-state index contributed by atoms with van der Waals surface area (Å²) in [5, 5.41) is 15.6. The monoisotopic (exact) mass is 302 g/mol. The van der Waals surface area contributed by atoms with E-state index in [4.69, 9.17) is 0 Å². The second-order valence-corrected chi connectivity index (χ2v) is 6.65. The van der Waals surface area contributed by atoms with E-state index in [2.05, 4.69) is 34.9 Å². The average molecular weight is 302 g/mol. The number of amides is 2. The molecule has 22 heavy (non-hydrogen) atoms. The molecule has 2 amide bonds. The van der Waals surface area contributed by atoms with Crippen molar-refractivity contribution in [1.82, 2.24) is 10.6 Å². The Morgan fingerprint density at radius 3 is 2.73 bits per heavy atom. The van der Waals surface area contributed by atoms with Gasteiger partial charge in [-0.3, -0.25) is 0 Å². The van der Waals surface area contributed by atoms with Crippen LogP contribution in [0.4, 0.5) is 4.79 Å². The summed E-state index contributed by atoms with van der Waals surface area (Å²) in [6.07, 6.45) is 6.66. The van der Waals surface area contributed by atoms with Crippen molar-refractivity contribution in [2.24, 2.45) is 0 Å². The molecule has 120 valence electrons. The van der Waals surface area contributed by atoms with Gasteiger partial charge in [-0.05, 0) is 56.1 Å². The van der Waals surface area contributed by atoms with Gasteiger partial charge in [0, 0.05) is 18.5 Å². The third kappa shape index (κ3) is 3.80. The van der Waals surface area contributed by atoms with E-state index in [1.165, 1.54) is 17.5 Å². The molecule has 4 nitrogen and oxygen atoms in total. The number of hydrogen-bond donors (Lipinski definition) is 3. The molecule has 3 rings (SSSR count).